The number of halogens is 1. The third kappa shape index (κ3) is 2.36. The molecule has 3 aromatic rings. The number of anilines is 2. The molecular weight excluding hydrogens is 462 g/mol. The molecule has 3 aromatic carbocycles. The van der Waals surface area contributed by atoms with Crippen molar-refractivity contribution in [2.45, 2.75) is 29.8 Å². The van der Waals surface area contributed by atoms with Crippen LogP contribution >= 0.6 is 11.6 Å². The van der Waals surface area contributed by atoms with Crippen LogP contribution in [0.25, 0.3) is 0 Å². The molecule has 7 rings (SSSR count). The summed E-state index contributed by atoms with van der Waals surface area (Å²) in [5.41, 5.74) is 0.737. The number of amides is 2. The maximum Gasteiger partial charge on any atom is 0.250 e. The van der Waals surface area contributed by atoms with E-state index in [-0.39, 0.29) is 23.6 Å². The molecule has 4 atom stereocenters. The van der Waals surface area contributed by atoms with Crippen molar-refractivity contribution in [3.8, 4) is 0 Å². The first kappa shape index (κ1) is 20.9. The fourth-order valence-electron chi connectivity index (χ4n) is 7.29. The molecule has 7 heteroatoms. The van der Waals surface area contributed by atoms with Crippen molar-refractivity contribution in [1.29, 1.82) is 0 Å². The van der Waals surface area contributed by atoms with E-state index in [0.717, 1.165) is 12.0 Å². The van der Waals surface area contributed by atoms with Gasteiger partial charge in [0, 0.05) is 33.6 Å². The molecular formula is C28H22ClN3O3. The predicted octanol–water partition coefficient (Wildman–Crippen LogP) is 4.35. The smallest absolute Gasteiger partial charge is 0.250 e. The molecule has 0 bridgehead atoms. The number of carbonyl (C=O) groups is 3. The molecule has 0 unspecified atom stereocenters. The van der Waals surface area contributed by atoms with Gasteiger partial charge in [-0.3, -0.25) is 19.3 Å². The van der Waals surface area contributed by atoms with Crippen LogP contribution in [0.3, 0.4) is 0 Å². The number of rotatable bonds is 2. The van der Waals surface area contributed by atoms with E-state index in [1.54, 1.807) is 30.3 Å². The van der Waals surface area contributed by atoms with Gasteiger partial charge < -0.3 is 10.6 Å². The van der Waals surface area contributed by atoms with Gasteiger partial charge in [-0.2, -0.15) is 0 Å². The molecule has 2 N–H and O–H groups in total. The fourth-order valence-corrected chi connectivity index (χ4v) is 7.46. The molecule has 4 aliphatic rings. The van der Waals surface area contributed by atoms with Gasteiger partial charge in [0.05, 0.1) is 5.92 Å². The Kier molecular flexibility index (Phi) is 4.19. The SMILES string of the molecule is O=C(c1ccccc1)[C@@H]1[C@]2(C(=O)Nc3ccccc32)[C@@H]2CCCN2[C@@]12C(=O)Nc1ccc(Cl)cc12. The van der Waals surface area contributed by atoms with E-state index in [9.17, 15) is 14.4 Å². The van der Waals surface area contributed by atoms with Crippen LogP contribution in [0.15, 0.2) is 72.8 Å². The summed E-state index contributed by atoms with van der Waals surface area (Å²) < 4.78 is 0. The van der Waals surface area contributed by atoms with Gasteiger partial charge in [0.1, 0.15) is 11.0 Å². The van der Waals surface area contributed by atoms with Gasteiger partial charge in [0.15, 0.2) is 5.78 Å². The molecule has 2 fully saturated rings. The van der Waals surface area contributed by atoms with Crippen LogP contribution < -0.4 is 10.6 Å². The maximum atomic E-state index is 14.6. The maximum absolute atomic E-state index is 14.6. The van der Waals surface area contributed by atoms with Gasteiger partial charge in [0.25, 0.3) is 0 Å². The van der Waals surface area contributed by atoms with Gasteiger partial charge in [-0.15, -0.1) is 0 Å². The van der Waals surface area contributed by atoms with Gasteiger partial charge in [-0.05, 0) is 49.2 Å². The second-order valence-corrected chi connectivity index (χ2v) is 10.2. The van der Waals surface area contributed by atoms with Crippen LogP contribution in [0.2, 0.25) is 5.02 Å². The number of Topliss-reactive ketones (excluding diaryl/α,β-unsaturated/α-hetero) is 1. The molecule has 174 valence electrons. The average Bonchev–Trinajstić information content (AvgIpc) is 3.59. The fraction of sp³-hybridized carbons (Fsp3) is 0.250. The first-order valence-electron chi connectivity index (χ1n) is 11.9. The standard InChI is InChI=1S/C28H22ClN3O3/c29-17-12-13-21-19(15-17)28(26(35)31-21)24(23(33)16-7-2-1-3-8-16)27(22-11-6-14-32(22)28)18-9-4-5-10-20(18)30-25(27)34/h1-5,7-10,12-13,15,22,24H,6,11,14H2,(H,30,34)(H,31,35)/t22-,24+,27+,28+/m0/s1. The molecule has 6 nitrogen and oxygen atoms in total. The van der Waals surface area contributed by atoms with E-state index in [2.05, 4.69) is 15.5 Å². The van der Waals surface area contributed by atoms with E-state index < -0.39 is 16.9 Å². The van der Waals surface area contributed by atoms with E-state index in [1.165, 1.54) is 0 Å². The molecule has 2 amide bonds. The number of fused-ring (bicyclic) bond motifs is 7. The van der Waals surface area contributed by atoms with E-state index in [4.69, 9.17) is 11.6 Å². The number of benzene rings is 3. The molecule has 2 spiro atoms. The zero-order valence-corrected chi connectivity index (χ0v) is 19.5. The van der Waals surface area contributed by atoms with Crippen molar-refractivity contribution in [3.63, 3.8) is 0 Å². The monoisotopic (exact) mass is 483 g/mol. The lowest BCUT2D eigenvalue weighted by molar-refractivity contribution is -0.128. The summed E-state index contributed by atoms with van der Waals surface area (Å²) in [7, 11) is 0. The Hall–Kier alpha value is -3.48. The normalized spacial score (nSPS) is 30.3. The summed E-state index contributed by atoms with van der Waals surface area (Å²) in [4.78, 5) is 45.0. The van der Waals surface area contributed by atoms with Gasteiger partial charge in [-0.1, -0.05) is 60.1 Å². The number of hydrogen-bond acceptors (Lipinski definition) is 4. The Balaban J connectivity index is 1.60. The summed E-state index contributed by atoms with van der Waals surface area (Å²) in [5, 5.41) is 6.57. The van der Waals surface area contributed by atoms with E-state index >= 15 is 0 Å². The zero-order chi connectivity index (χ0) is 23.9. The molecule has 0 saturated carbocycles. The largest absolute Gasteiger partial charge is 0.325 e. The van der Waals surface area contributed by atoms with Gasteiger partial charge >= 0.3 is 0 Å². The lowest BCUT2D eigenvalue weighted by Gasteiger charge is -2.38. The molecule has 0 radical (unpaired) electrons. The Morgan fingerprint density at radius 2 is 1.60 bits per heavy atom. The van der Waals surface area contributed by atoms with Crippen LogP contribution in [0.5, 0.6) is 0 Å². The third-order valence-corrected chi connectivity index (χ3v) is 8.64. The number of carbonyl (C=O) groups excluding carboxylic acids is 3. The Labute approximate surface area is 207 Å². The number of nitrogens with zero attached hydrogens (tertiary/aromatic N) is 1. The minimum Gasteiger partial charge on any atom is -0.325 e. The molecule has 4 aliphatic heterocycles. The highest BCUT2D eigenvalue weighted by molar-refractivity contribution is 6.31. The van der Waals surface area contributed by atoms with E-state index in [0.29, 0.717) is 40.5 Å². The molecule has 4 heterocycles. The predicted molar refractivity (Wildman–Crippen MR) is 132 cm³/mol. The van der Waals surface area contributed by atoms with Crippen molar-refractivity contribution in [2.75, 3.05) is 17.2 Å². The summed E-state index contributed by atoms with van der Waals surface area (Å²) in [6.45, 7) is 0.611. The lowest BCUT2D eigenvalue weighted by atomic mass is 9.60. The van der Waals surface area contributed by atoms with Gasteiger partial charge in [0.2, 0.25) is 11.8 Å². The first-order chi connectivity index (χ1) is 17.0. The summed E-state index contributed by atoms with van der Waals surface area (Å²) in [6.07, 6.45) is 1.55. The van der Waals surface area contributed by atoms with E-state index in [1.807, 2.05) is 42.5 Å². The van der Waals surface area contributed by atoms with Crippen LogP contribution in [-0.4, -0.2) is 35.1 Å². The highest BCUT2D eigenvalue weighted by Gasteiger charge is 2.78. The third-order valence-electron chi connectivity index (χ3n) is 8.41. The number of hydrogen-bond donors (Lipinski definition) is 2. The molecule has 0 aliphatic carbocycles. The first-order valence-corrected chi connectivity index (χ1v) is 12.3. The Morgan fingerprint density at radius 1 is 0.886 bits per heavy atom. The van der Waals surface area contributed by atoms with Crippen LogP contribution in [-0.2, 0) is 20.5 Å². The summed E-state index contributed by atoms with van der Waals surface area (Å²) in [5.74, 6) is -1.67. The quantitative estimate of drug-likeness (QED) is 0.531. The number of ketones is 1. The summed E-state index contributed by atoms with van der Waals surface area (Å²) in [6, 6.07) is 21.6. The topological polar surface area (TPSA) is 78.5 Å². The minimum absolute atomic E-state index is 0.213. The summed E-state index contributed by atoms with van der Waals surface area (Å²) >= 11 is 6.46. The van der Waals surface area contributed by atoms with Crippen molar-refractivity contribution in [3.05, 3.63) is 94.5 Å². The highest BCUT2D eigenvalue weighted by Crippen LogP contribution is 2.66. The Morgan fingerprint density at radius 3 is 2.43 bits per heavy atom. The zero-order valence-electron chi connectivity index (χ0n) is 18.8. The minimum atomic E-state index is -1.34. The molecule has 0 aromatic heterocycles. The second-order valence-electron chi connectivity index (χ2n) is 9.79. The number of nitrogens with one attached hydrogen (secondary N) is 2. The average molecular weight is 484 g/mol. The van der Waals surface area contributed by atoms with Crippen LogP contribution in [0, 0.1) is 5.92 Å². The second kappa shape index (κ2) is 7.03. The lowest BCUT2D eigenvalue weighted by Crippen LogP contribution is -2.55. The van der Waals surface area contributed by atoms with Crippen molar-refractivity contribution in [1.82, 2.24) is 4.90 Å². The molecule has 35 heavy (non-hydrogen) atoms. The van der Waals surface area contributed by atoms with Crippen LogP contribution in [0.4, 0.5) is 11.4 Å². The number of para-hydroxylation sites is 1. The van der Waals surface area contributed by atoms with Crippen LogP contribution in [0.1, 0.15) is 34.3 Å². The Bertz CT molecular complexity index is 1440. The van der Waals surface area contributed by atoms with Crippen molar-refractivity contribution < 1.29 is 14.4 Å². The van der Waals surface area contributed by atoms with Crippen molar-refractivity contribution in [2.24, 2.45) is 5.92 Å². The van der Waals surface area contributed by atoms with Crippen molar-refractivity contribution >= 4 is 40.6 Å². The van der Waals surface area contributed by atoms with Gasteiger partial charge in [-0.25, -0.2) is 0 Å². The highest BCUT2D eigenvalue weighted by atomic mass is 35.5. The molecule has 2 saturated heterocycles.